The molecule has 1 aromatic carbocycles. The van der Waals surface area contributed by atoms with E-state index in [1.165, 1.54) is 11.3 Å². The Morgan fingerprint density at radius 1 is 1.15 bits per heavy atom. The minimum absolute atomic E-state index is 0.00119. The van der Waals surface area contributed by atoms with E-state index in [9.17, 15) is 4.79 Å². The molecule has 0 aliphatic rings. The van der Waals surface area contributed by atoms with Crippen LogP contribution >= 0.6 is 11.3 Å². The van der Waals surface area contributed by atoms with E-state index >= 15 is 0 Å². The summed E-state index contributed by atoms with van der Waals surface area (Å²) in [5.41, 5.74) is 1.76. The Morgan fingerprint density at radius 2 is 1.85 bits per heavy atom. The highest BCUT2D eigenvalue weighted by Crippen LogP contribution is 2.24. The van der Waals surface area contributed by atoms with Gasteiger partial charge in [0.25, 0.3) is 0 Å². The molecular formula is C18H18N4O3S. The molecule has 0 unspecified atom stereocenters. The van der Waals surface area contributed by atoms with Crippen molar-refractivity contribution in [1.29, 1.82) is 0 Å². The van der Waals surface area contributed by atoms with Gasteiger partial charge in [-0.15, -0.1) is 11.3 Å². The van der Waals surface area contributed by atoms with Gasteiger partial charge < -0.3 is 15.2 Å². The fraction of sp³-hybridized carbons (Fsp3) is 0.222. The summed E-state index contributed by atoms with van der Waals surface area (Å²) >= 11 is 1.54. The van der Waals surface area contributed by atoms with Gasteiger partial charge in [-0.25, -0.2) is 15.0 Å². The number of benzene rings is 1. The number of nitrogens with one attached hydrogen (secondary N) is 1. The number of carbonyl (C=O) groups is 1. The highest BCUT2D eigenvalue weighted by atomic mass is 32.1. The molecule has 2 N–H and O–H groups in total. The van der Waals surface area contributed by atoms with Crippen LogP contribution in [0.1, 0.15) is 13.8 Å². The van der Waals surface area contributed by atoms with E-state index in [1.54, 1.807) is 32.4 Å². The Balaban J connectivity index is 1.64. The van der Waals surface area contributed by atoms with Crippen LogP contribution in [-0.4, -0.2) is 32.6 Å². The first kappa shape index (κ1) is 17.8. The third-order valence-corrected chi connectivity index (χ3v) is 4.36. The number of carboxylic acids is 1. The molecule has 0 bridgehead atoms. The largest absolute Gasteiger partial charge is 0.481 e. The molecule has 134 valence electrons. The predicted octanol–water partition coefficient (Wildman–Crippen LogP) is 3.83. The van der Waals surface area contributed by atoms with Gasteiger partial charge in [0, 0.05) is 35.2 Å². The summed E-state index contributed by atoms with van der Waals surface area (Å²) in [6, 6.07) is 7.99. The number of carboxylic acid groups (broad SMARTS) is 1. The van der Waals surface area contributed by atoms with Crippen molar-refractivity contribution in [3.8, 4) is 17.1 Å². The summed E-state index contributed by atoms with van der Waals surface area (Å²) in [7, 11) is 0. The molecule has 0 aliphatic carbocycles. The van der Waals surface area contributed by atoms with Crippen LogP contribution in [-0.2, 0) is 4.79 Å². The molecule has 0 saturated heterocycles. The van der Waals surface area contributed by atoms with E-state index in [4.69, 9.17) is 9.84 Å². The molecule has 0 fully saturated rings. The van der Waals surface area contributed by atoms with Crippen LogP contribution in [0.5, 0.6) is 6.01 Å². The second kappa shape index (κ2) is 7.49. The first-order chi connectivity index (χ1) is 12.4. The van der Waals surface area contributed by atoms with Crippen molar-refractivity contribution in [3.63, 3.8) is 0 Å². The number of rotatable bonds is 7. The average molecular weight is 370 g/mol. The zero-order chi connectivity index (χ0) is 18.6. The van der Waals surface area contributed by atoms with Crippen LogP contribution in [0, 0.1) is 5.41 Å². The summed E-state index contributed by atoms with van der Waals surface area (Å²) in [4.78, 5) is 23.6. The highest BCUT2D eigenvalue weighted by Gasteiger charge is 2.28. The maximum absolute atomic E-state index is 11.1. The molecule has 3 aromatic rings. The minimum Gasteiger partial charge on any atom is -0.481 e. The topological polar surface area (TPSA) is 97.2 Å². The summed E-state index contributed by atoms with van der Waals surface area (Å²) in [5.74, 6) is -0.930. The molecule has 2 aromatic heterocycles. The SMILES string of the molecule is CC(C)(COc1ncc(-c2ccc(Nc3nccs3)cc2)cn1)C(=O)O. The number of aliphatic carboxylic acids is 1. The van der Waals surface area contributed by atoms with Crippen molar-refractivity contribution in [2.45, 2.75) is 13.8 Å². The van der Waals surface area contributed by atoms with Gasteiger partial charge >= 0.3 is 12.0 Å². The second-order valence-corrected chi connectivity index (χ2v) is 7.17. The van der Waals surface area contributed by atoms with Crippen molar-refractivity contribution in [3.05, 3.63) is 48.2 Å². The van der Waals surface area contributed by atoms with Gasteiger partial charge in [-0.05, 0) is 31.5 Å². The molecule has 8 heteroatoms. The summed E-state index contributed by atoms with van der Waals surface area (Å²) in [6.45, 7) is 3.18. The number of aromatic nitrogens is 3. The Morgan fingerprint density at radius 3 is 2.42 bits per heavy atom. The summed E-state index contributed by atoms with van der Waals surface area (Å²) in [5, 5.41) is 15.1. The van der Waals surface area contributed by atoms with Crippen molar-refractivity contribution >= 4 is 28.1 Å². The molecule has 7 nitrogen and oxygen atoms in total. The zero-order valence-electron chi connectivity index (χ0n) is 14.3. The minimum atomic E-state index is -0.998. The third-order valence-electron chi connectivity index (χ3n) is 3.67. The normalized spacial score (nSPS) is 11.2. The molecule has 0 amide bonds. The number of nitrogens with zero attached hydrogens (tertiary/aromatic N) is 3. The first-order valence-electron chi connectivity index (χ1n) is 7.89. The molecule has 3 rings (SSSR count). The predicted molar refractivity (Wildman–Crippen MR) is 99.8 cm³/mol. The lowest BCUT2D eigenvalue weighted by atomic mass is 9.95. The Kier molecular flexibility index (Phi) is 5.13. The lowest BCUT2D eigenvalue weighted by Gasteiger charge is -2.18. The number of ether oxygens (including phenoxy) is 1. The average Bonchev–Trinajstić information content (AvgIpc) is 3.14. The van der Waals surface area contributed by atoms with Gasteiger partial charge in [0.2, 0.25) is 0 Å². The van der Waals surface area contributed by atoms with Crippen molar-refractivity contribution in [2.75, 3.05) is 11.9 Å². The van der Waals surface area contributed by atoms with Crippen molar-refractivity contribution in [1.82, 2.24) is 15.0 Å². The summed E-state index contributed by atoms with van der Waals surface area (Å²) < 4.78 is 5.38. The van der Waals surface area contributed by atoms with Crippen LogP contribution < -0.4 is 10.1 Å². The standard InChI is InChI=1S/C18H18N4O3S/c1-18(2,15(23)24)11-25-16-20-9-13(10-21-16)12-3-5-14(6-4-12)22-17-19-7-8-26-17/h3-10H,11H2,1-2H3,(H,19,22)(H,23,24). The monoisotopic (exact) mass is 370 g/mol. The molecule has 0 saturated carbocycles. The molecule has 0 spiro atoms. The number of thiazole rings is 1. The maximum Gasteiger partial charge on any atom is 0.316 e. The van der Waals surface area contributed by atoms with Crippen LogP contribution in [0.15, 0.2) is 48.2 Å². The quantitative estimate of drug-likeness (QED) is 0.652. The van der Waals surface area contributed by atoms with E-state index in [2.05, 4.69) is 20.3 Å². The van der Waals surface area contributed by atoms with E-state index < -0.39 is 11.4 Å². The Hall–Kier alpha value is -3.00. The number of anilines is 2. The molecule has 26 heavy (non-hydrogen) atoms. The lowest BCUT2D eigenvalue weighted by Crippen LogP contribution is -2.31. The molecule has 2 heterocycles. The lowest BCUT2D eigenvalue weighted by molar-refractivity contribution is -0.148. The van der Waals surface area contributed by atoms with Gasteiger partial charge in [0.15, 0.2) is 5.13 Å². The van der Waals surface area contributed by atoms with Crippen LogP contribution in [0.4, 0.5) is 10.8 Å². The van der Waals surface area contributed by atoms with Gasteiger partial charge in [0.1, 0.15) is 6.61 Å². The van der Waals surface area contributed by atoms with Crippen LogP contribution in [0.2, 0.25) is 0 Å². The Labute approximate surface area is 154 Å². The first-order valence-corrected chi connectivity index (χ1v) is 8.77. The van der Waals surface area contributed by atoms with E-state index in [0.717, 1.165) is 21.9 Å². The highest BCUT2D eigenvalue weighted by molar-refractivity contribution is 7.13. The fourth-order valence-corrected chi connectivity index (χ4v) is 2.55. The third kappa shape index (κ3) is 4.34. The van der Waals surface area contributed by atoms with Crippen LogP contribution in [0.3, 0.4) is 0 Å². The van der Waals surface area contributed by atoms with Gasteiger partial charge in [0.05, 0.1) is 5.41 Å². The maximum atomic E-state index is 11.1. The van der Waals surface area contributed by atoms with Crippen molar-refractivity contribution < 1.29 is 14.6 Å². The molecular weight excluding hydrogens is 352 g/mol. The molecule has 0 aliphatic heterocycles. The summed E-state index contributed by atoms with van der Waals surface area (Å²) in [6.07, 6.45) is 5.05. The van der Waals surface area contributed by atoms with Gasteiger partial charge in [-0.1, -0.05) is 12.1 Å². The van der Waals surface area contributed by atoms with Crippen LogP contribution in [0.25, 0.3) is 11.1 Å². The van der Waals surface area contributed by atoms with E-state index in [0.29, 0.717) is 0 Å². The number of hydrogen-bond acceptors (Lipinski definition) is 7. The smallest absolute Gasteiger partial charge is 0.316 e. The fourth-order valence-electron chi connectivity index (χ4n) is 2.00. The number of hydrogen-bond donors (Lipinski definition) is 2. The van der Waals surface area contributed by atoms with Crippen molar-refractivity contribution in [2.24, 2.45) is 5.41 Å². The molecule has 0 radical (unpaired) electrons. The van der Waals surface area contributed by atoms with E-state index in [1.807, 2.05) is 29.6 Å². The van der Waals surface area contributed by atoms with Gasteiger partial charge in [-0.2, -0.15) is 0 Å². The Bertz CT molecular complexity index is 862. The zero-order valence-corrected chi connectivity index (χ0v) is 15.2. The second-order valence-electron chi connectivity index (χ2n) is 6.27. The molecule has 0 atom stereocenters. The van der Waals surface area contributed by atoms with E-state index in [-0.39, 0.29) is 12.6 Å². The van der Waals surface area contributed by atoms with Gasteiger partial charge in [-0.3, -0.25) is 4.79 Å².